The molecule has 4 rings (SSSR count). The second-order valence-corrected chi connectivity index (χ2v) is 7.46. The summed E-state index contributed by atoms with van der Waals surface area (Å²) in [6.07, 6.45) is 4.16. The standard InChI is InChI=1S/C24H25N3O2/c1-26-15-7-13-21(26)22-14-8-16-27(22)17-23(28)25-20-12-6-5-11-19(20)24(29)18-9-3-2-4-10-18/h2-7,9-13,15,22H,8,14,16-17H2,1H3,(H,25,28)/t22-/m0/s1. The lowest BCUT2D eigenvalue weighted by Crippen LogP contribution is -2.33. The highest BCUT2D eigenvalue weighted by molar-refractivity contribution is 6.13. The maximum absolute atomic E-state index is 12.9. The molecule has 0 saturated carbocycles. The third kappa shape index (κ3) is 4.15. The van der Waals surface area contributed by atoms with Gasteiger partial charge in [0, 0.05) is 30.1 Å². The number of carbonyl (C=O) groups is 2. The Balaban J connectivity index is 1.48. The Morgan fingerprint density at radius 3 is 2.52 bits per heavy atom. The summed E-state index contributed by atoms with van der Waals surface area (Å²) in [5.41, 5.74) is 2.90. The fraction of sp³-hybridized carbons (Fsp3) is 0.250. The van der Waals surface area contributed by atoms with Crippen LogP contribution >= 0.6 is 0 Å². The van der Waals surface area contributed by atoms with Crippen LogP contribution < -0.4 is 5.32 Å². The Morgan fingerprint density at radius 2 is 1.76 bits per heavy atom. The number of nitrogens with zero attached hydrogens (tertiary/aromatic N) is 2. The molecule has 1 N–H and O–H groups in total. The van der Waals surface area contributed by atoms with Crippen LogP contribution in [0.3, 0.4) is 0 Å². The van der Waals surface area contributed by atoms with E-state index in [1.54, 1.807) is 24.3 Å². The molecule has 1 aliphatic heterocycles. The molecule has 1 aliphatic rings. The van der Waals surface area contributed by atoms with Gasteiger partial charge in [0.15, 0.2) is 5.78 Å². The minimum Gasteiger partial charge on any atom is -0.353 e. The van der Waals surface area contributed by atoms with E-state index in [2.05, 4.69) is 20.9 Å². The fourth-order valence-electron chi connectivity index (χ4n) is 4.08. The topological polar surface area (TPSA) is 54.3 Å². The average Bonchev–Trinajstić information content (AvgIpc) is 3.36. The SMILES string of the molecule is Cn1cccc1[C@@H]1CCCN1CC(=O)Nc1ccccc1C(=O)c1ccccc1. The fourth-order valence-corrected chi connectivity index (χ4v) is 4.08. The van der Waals surface area contributed by atoms with Gasteiger partial charge in [-0.15, -0.1) is 0 Å². The van der Waals surface area contributed by atoms with Gasteiger partial charge in [-0.05, 0) is 43.7 Å². The first-order valence-corrected chi connectivity index (χ1v) is 9.97. The lowest BCUT2D eigenvalue weighted by atomic mass is 10.0. The number of anilines is 1. The summed E-state index contributed by atoms with van der Waals surface area (Å²) in [6, 6.07) is 20.7. The molecule has 1 aromatic heterocycles. The summed E-state index contributed by atoms with van der Waals surface area (Å²) in [4.78, 5) is 27.9. The van der Waals surface area contributed by atoms with Crippen molar-refractivity contribution in [3.05, 3.63) is 89.7 Å². The predicted molar refractivity (Wildman–Crippen MR) is 114 cm³/mol. The van der Waals surface area contributed by atoms with E-state index in [0.29, 0.717) is 23.4 Å². The van der Waals surface area contributed by atoms with Crippen molar-refractivity contribution in [3.63, 3.8) is 0 Å². The molecule has 0 unspecified atom stereocenters. The van der Waals surface area contributed by atoms with Gasteiger partial charge in [0.05, 0.1) is 18.3 Å². The summed E-state index contributed by atoms with van der Waals surface area (Å²) < 4.78 is 2.12. The maximum Gasteiger partial charge on any atom is 0.238 e. The van der Waals surface area contributed by atoms with Gasteiger partial charge >= 0.3 is 0 Å². The van der Waals surface area contributed by atoms with Crippen LogP contribution in [0.4, 0.5) is 5.69 Å². The molecule has 2 aromatic carbocycles. The van der Waals surface area contributed by atoms with Crippen LogP contribution in [0, 0.1) is 0 Å². The first kappa shape index (κ1) is 19.2. The van der Waals surface area contributed by atoms with Gasteiger partial charge in [-0.25, -0.2) is 0 Å². The molecule has 0 bridgehead atoms. The molecule has 0 radical (unpaired) electrons. The van der Waals surface area contributed by atoms with Gasteiger partial charge in [0.1, 0.15) is 0 Å². The normalized spacial score (nSPS) is 16.7. The Morgan fingerprint density at radius 1 is 1.00 bits per heavy atom. The quantitative estimate of drug-likeness (QED) is 0.650. The van der Waals surface area contributed by atoms with Crippen molar-refractivity contribution in [2.45, 2.75) is 18.9 Å². The molecule has 3 aromatic rings. The second kappa shape index (κ2) is 8.45. The average molecular weight is 387 g/mol. The number of hydrogen-bond acceptors (Lipinski definition) is 3. The number of hydrogen-bond donors (Lipinski definition) is 1. The summed E-state index contributed by atoms with van der Waals surface area (Å²) in [5, 5.41) is 2.96. The number of ketones is 1. The third-order valence-electron chi connectivity index (χ3n) is 5.52. The van der Waals surface area contributed by atoms with Crippen molar-refractivity contribution in [2.24, 2.45) is 7.05 Å². The van der Waals surface area contributed by atoms with Crippen LogP contribution in [0.1, 0.15) is 40.5 Å². The number of amides is 1. The summed E-state index contributed by atoms with van der Waals surface area (Å²) >= 11 is 0. The Hall–Kier alpha value is -3.18. The third-order valence-corrected chi connectivity index (χ3v) is 5.52. The van der Waals surface area contributed by atoms with Gasteiger partial charge in [-0.1, -0.05) is 42.5 Å². The molecule has 5 nitrogen and oxygen atoms in total. The molecule has 1 amide bonds. The Bertz CT molecular complexity index is 1010. The summed E-state index contributed by atoms with van der Waals surface area (Å²) in [5.74, 6) is -0.191. The molecule has 0 spiro atoms. The maximum atomic E-state index is 12.9. The van der Waals surface area contributed by atoms with Crippen LogP contribution in [0.2, 0.25) is 0 Å². The largest absolute Gasteiger partial charge is 0.353 e. The minimum atomic E-state index is -0.0978. The van der Waals surface area contributed by atoms with E-state index in [4.69, 9.17) is 0 Å². The lowest BCUT2D eigenvalue weighted by molar-refractivity contribution is -0.117. The van der Waals surface area contributed by atoms with Crippen LogP contribution in [-0.2, 0) is 11.8 Å². The number of aryl methyl sites for hydroxylation is 1. The first-order valence-electron chi connectivity index (χ1n) is 9.97. The molecule has 1 atom stereocenters. The minimum absolute atomic E-state index is 0.0932. The van der Waals surface area contributed by atoms with E-state index < -0.39 is 0 Å². The molecule has 1 saturated heterocycles. The van der Waals surface area contributed by atoms with Gasteiger partial charge in [-0.2, -0.15) is 0 Å². The first-order chi connectivity index (χ1) is 14.1. The number of rotatable bonds is 6. The number of aromatic nitrogens is 1. The molecule has 29 heavy (non-hydrogen) atoms. The van der Waals surface area contributed by atoms with Crippen molar-refractivity contribution in [3.8, 4) is 0 Å². The monoisotopic (exact) mass is 387 g/mol. The molecular formula is C24H25N3O2. The van der Waals surface area contributed by atoms with Crippen LogP contribution in [0.25, 0.3) is 0 Å². The van der Waals surface area contributed by atoms with Crippen LogP contribution in [0.15, 0.2) is 72.9 Å². The zero-order valence-corrected chi connectivity index (χ0v) is 16.5. The zero-order chi connectivity index (χ0) is 20.2. The molecule has 1 fully saturated rings. The van der Waals surface area contributed by atoms with Crippen molar-refractivity contribution < 1.29 is 9.59 Å². The molecule has 0 aliphatic carbocycles. The molecule has 2 heterocycles. The van der Waals surface area contributed by atoms with E-state index in [1.807, 2.05) is 49.6 Å². The van der Waals surface area contributed by atoms with Crippen molar-refractivity contribution in [2.75, 3.05) is 18.4 Å². The van der Waals surface area contributed by atoms with Gasteiger partial charge in [0.2, 0.25) is 5.91 Å². The smallest absolute Gasteiger partial charge is 0.238 e. The number of nitrogens with one attached hydrogen (secondary N) is 1. The lowest BCUT2D eigenvalue weighted by Gasteiger charge is -2.24. The second-order valence-electron chi connectivity index (χ2n) is 7.46. The molecule has 5 heteroatoms. The van der Waals surface area contributed by atoms with Crippen molar-refractivity contribution in [1.29, 1.82) is 0 Å². The Labute approximate surface area is 171 Å². The highest BCUT2D eigenvalue weighted by Crippen LogP contribution is 2.31. The summed E-state index contributed by atoms with van der Waals surface area (Å²) in [6.45, 7) is 1.21. The van der Waals surface area contributed by atoms with E-state index in [-0.39, 0.29) is 17.7 Å². The zero-order valence-electron chi connectivity index (χ0n) is 16.5. The van der Waals surface area contributed by atoms with E-state index >= 15 is 0 Å². The van der Waals surface area contributed by atoms with Gasteiger partial charge in [-0.3, -0.25) is 14.5 Å². The predicted octanol–water partition coefficient (Wildman–Crippen LogP) is 4.03. The highest BCUT2D eigenvalue weighted by atomic mass is 16.2. The van der Waals surface area contributed by atoms with E-state index in [1.165, 1.54) is 5.69 Å². The molecular weight excluding hydrogens is 362 g/mol. The molecule has 148 valence electrons. The van der Waals surface area contributed by atoms with Crippen LogP contribution in [0.5, 0.6) is 0 Å². The van der Waals surface area contributed by atoms with Gasteiger partial charge in [0.25, 0.3) is 0 Å². The Kier molecular flexibility index (Phi) is 5.58. The van der Waals surface area contributed by atoms with E-state index in [9.17, 15) is 9.59 Å². The summed E-state index contributed by atoms with van der Waals surface area (Å²) in [7, 11) is 2.04. The number of likely N-dealkylation sites (tertiary alicyclic amines) is 1. The number of benzene rings is 2. The van der Waals surface area contributed by atoms with Crippen LogP contribution in [-0.4, -0.2) is 34.2 Å². The van der Waals surface area contributed by atoms with E-state index in [0.717, 1.165) is 19.4 Å². The van der Waals surface area contributed by atoms with Gasteiger partial charge < -0.3 is 9.88 Å². The highest BCUT2D eigenvalue weighted by Gasteiger charge is 2.29. The number of carbonyl (C=O) groups excluding carboxylic acids is 2. The number of para-hydroxylation sites is 1. The van der Waals surface area contributed by atoms with Crippen molar-refractivity contribution in [1.82, 2.24) is 9.47 Å². The van der Waals surface area contributed by atoms with Crippen molar-refractivity contribution >= 4 is 17.4 Å².